The lowest BCUT2D eigenvalue weighted by molar-refractivity contribution is 0.0600. The average Bonchev–Trinajstić information content (AvgIpc) is 3.18. The fourth-order valence-corrected chi connectivity index (χ4v) is 3.61. The topological polar surface area (TPSA) is 80.2 Å². The first-order chi connectivity index (χ1) is 12.5. The van der Waals surface area contributed by atoms with Gasteiger partial charge in [0.05, 0.1) is 18.4 Å². The molecule has 0 saturated heterocycles. The number of nitrogens with zero attached hydrogens (tertiary/aromatic N) is 3. The monoisotopic (exact) mass is 352 g/mol. The van der Waals surface area contributed by atoms with Gasteiger partial charge in [-0.15, -0.1) is 0 Å². The van der Waals surface area contributed by atoms with E-state index in [-0.39, 0.29) is 11.9 Å². The Morgan fingerprint density at radius 3 is 2.77 bits per heavy atom. The lowest BCUT2D eigenvalue weighted by Crippen LogP contribution is -2.36. The molecular formula is C19H20N4O3. The van der Waals surface area contributed by atoms with Crippen LogP contribution < -0.4 is 0 Å². The predicted octanol–water partition coefficient (Wildman–Crippen LogP) is 2.19. The number of methoxy groups -OCH3 is 1. The van der Waals surface area contributed by atoms with Gasteiger partial charge in [0.15, 0.2) is 0 Å². The van der Waals surface area contributed by atoms with Crippen LogP contribution in [0.5, 0.6) is 0 Å². The molecule has 0 unspecified atom stereocenters. The van der Waals surface area contributed by atoms with Gasteiger partial charge in [0.25, 0.3) is 5.91 Å². The summed E-state index contributed by atoms with van der Waals surface area (Å²) in [5, 5.41) is 5.22. The number of carbonyl (C=O) groups is 2. The summed E-state index contributed by atoms with van der Waals surface area (Å²) in [6.45, 7) is 3.02. The minimum absolute atomic E-state index is 0.0303. The van der Waals surface area contributed by atoms with Gasteiger partial charge in [-0.1, -0.05) is 0 Å². The molecule has 0 saturated carbocycles. The summed E-state index contributed by atoms with van der Waals surface area (Å²) in [6, 6.07) is 7.27. The molecular weight excluding hydrogens is 332 g/mol. The molecule has 1 aliphatic rings. The van der Waals surface area contributed by atoms with E-state index in [2.05, 4.69) is 10.1 Å². The zero-order valence-electron chi connectivity index (χ0n) is 15.0. The van der Waals surface area contributed by atoms with Crippen LogP contribution in [0.4, 0.5) is 0 Å². The number of carbonyl (C=O) groups excluding carboxylic acids is 2. The number of aryl methyl sites for hydroxylation is 2. The number of hydrogen-bond acceptors (Lipinski definition) is 4. The Morgan fingerprint density at radius 1 is 1.27 bits per heavy atom. The van der Waals surface area contributed by atoms with Gasteiger partial charge in [0.1, 0.15) is 5.69 Å². The van der Waals surface area contributed by atoms with Crippen molar-refractivity contribution >= 4 is 22.8 Å². The fourth-order valence-electron chi connectivity index (χ4n) is 3.61. The maximum atomic E-state index is 12.9. The molecule has 7 nitrogen and oxygen atoms in total. The number of benzene rings is 1. The van der Waals surface area contributed by atoms with E-state index in [9.17, 15) is 9.59 Å². The van der Waals surface area contributed by atoms with E-state index >= 15 is 0 Å². The minimum Gasteiger partial charge on any atom is -0.465 e. The van der Waals surface area contributed by atoms with Crippen LogP contribution in [0, 0.1) is 6.92 Å². The van der Waals surface area contributed by atoms with Crippen LogP contribution in [0.15, 0.2) is 24.3 Å². The maximum absolute atomic E-state index is 12.9. The van der Waals surface area contributed by atoms with Gasteiger partial charge in [-0.2, -0.15) is 5.10 Å². The zero-order chi connectivity index (χ0) is 18.4. The third kappa shape index (κ3) is 2.56. The van der Waals surface area contributed by atoms with Crippen molar-refractivity contribution in [2.24, 2.45) is 7.05 Å². The summed E-state index contributed by atoms with van der Waals surface area (Å²) < 4.78 is 6.44. The Labute approximate surface area is 150 Å². The van der Waals surface area contributed by atoms with Gasteiger partial charge < -0.3 is 14.6 Å². The Morgan fingerprint density at radius 2 is 2.08 bits per heavy atom. The molecule has 0 bridgehead atoms. The molecule has 134 valence electrons. The summed E-state index contributed by atoms with van der Waals surface area (Å²) in [4.78, 5) is 30.0. The first kappa shape index (κ1) is 16.4. The number of ether oxygens (including phenoxy) is 1. The number of aromatic amines is 1. The summed E-state index contributed by atoms with van der Waals surface area (Å²) >= 11 is 0. The first-order valence-corrected chi connectivity index (χ1v) is 8.49. The second kappa shape index (κ2) is 6.01. The fraction of sp³-hybridized carbons (Fsp3) is 0.316. The molecule has 2 aromatic heterocycles. The molecule has 1 N–H and O–H groups in total. The summed E-state index contributed by atoms with van der Waals surface area (Å²) in [7, 11) is 3.15. The number of amides is 1. The minimum atomic E-state index is -0.365. The lowest BCUT2D eigenvalue weighted by Gasteiger charge is -2.27. The van der Waals surface area contributed by atoms with Gasteiger partial charge in [-0.25, -0.2) is 4.79 Å². The normalized spacial score (nSPS) is 13.7. The molecule has 26 heavy (non-hydrogen) atoms. The van der Waals surface area contributed by atoms with E-state index in [1.165, 1.54) is 7.11 Å². The third-order valence-corrected chi connectivity index (χ3v) is 4.90. The van der Waals surface area contributed by atoms with Crippen LogP contribution in [-0.2, 0) is 24.8 Å². The van der Waals surface area contributed by atoms with Gasteiger partial charge in [-0.05, 0) is 31.2 Å². The van der Waals surface area contributed by atoms with Crippen LogP contribution in [0.2, 0.25) is 0 Å². The number of rotatable bonds is 2. The van der Waals surface area contributed by atoms with E-state index in [0.29, 0.717) is 24.3 Å². The van der Waals surface area contributed by atoms with E-state index in [1.54, 1.807) is 17.8 Å². The Bertz CT molecular complexity index is 1030. The third-order valence-electron chi connectivity index (χ3n) is 4.90. The number of H-pyrrole nitrogens is 1. The predicted molar refractivity (Wildman–Crippen MR) is 96.0 cm³/mol. The van der Waals surface area contributed by atoms with Crippen LogP contribution in [0.3, 0.4) is 0 Å². The van der Waals surface area contributed by atoms with Crippen molar-refractivity contribution in [1.82, 2.24) is 19.7 Å². The molecule has 0 atom stereocenters. The van der Waals surface area contributed by atoms with E-state index in [1.807, 2.05) is 30.0 Å². The van der Waals surface area contributed by atoms with E-state index in [4.69, 9.17) is 4.74 Å². The van der Waals surface area contributed by atoms with Gasteiger partial charge in [-0.3, -0.25) is 9.48 Å². The highest BCUT2D eigenvalue weighted by Crippen LogP contribution is 2.29. The zero-order valence-corrected chi connectivity index (χ0v) is 15.0. The molecule has 3 heterocycles. The number of aromatic nitrogens is 3. The Balaban J connectivity index is 1.70. The summed E-state index contributed by atoms with van der Waals surface area (Å²) in [5.41, 5.74) is 5.06. The molecule has 1 aromatic carbocycles. The van der Waals surface area contributed by atoms with E-state index in [0.717, 1.165) is 34.3 Å². The highest BCUT2D eigenvalue weighted by molar-refractivity contribution is 5.97. The number of fused-ring (bicyclic) bond motifs is 3. The van der Waals surface area contributed by atoms with Crippen LogP contribution >= 0.6 is 0 Å². The highest BCUT2D eigenvalue weighted by Gasteiger charge is 2.27. The van der Waals surface area contributed by atoms with Crippen molar-refractivity contribution < 1.29 is 14.3 Å². The van der Waals surface area contributed by atoms with Crippen molar-refractivity contribution in [3.63, 3.8) is 0 Å². The number of esters is 1. The molecule has 7 heteroatoms. The van der Waals surface area contributed by atoms with Crippen molar-refractivity contribution in [1.29, 1.82) is 0 Å². The molecule has 1 aliphatic heterocycles. The molecule has 0 radical (unpaired) electrons. The van der Waals surface area contributed by atoms with Crippen molar-refractivity contribution in [3.8, 4) is 0 Å². The van der Waals surface area contributed by atoms with Crippen molar-refractivity contribution in [2.75, 3.05) is 13.7 Å². The van der Waals surface area contributed by atoms with Crippen LogP contribution in [0.1, 0.15) is 37.8 Å². The van der Waals surface area contributed by atoms with Gasteiger partial charge in [0, 0.05) is 48.7 Å². The molecule has 0 spiro atoms. The maximum Gasteiger partial charge on any atom is 0.337 e. The smallest absolute Gasteiger partial charge is 0.337 e. The number of hydrogen-bond donors (Lipinski definition) is 1. The van der Waals surface area contributed by atoms with Crippen molar-refractivity contribution in [2.45, 2.75) is 19.9 Å². The van der Waals surface area contributed by atoms with Crippen molar-refractivity contribution in [3.05, 3.63) is 52.5 Å². The average molecular weight is 352 g/mol. The highest BCUT2D eigenvalue weighted by atomic mass is 16.5. The quantitative estimate of drug-likeness (QED) is 0.717. The standard InChI is InChI=1S/C19H20N4O3/c1-11-8-17(22(2)21-11)18(24)23-7-6-16-14(10-23)13-9-12(19(25)26-3)4-5-15(13)20-16/h4-5,8-9,20H,6-7,10H2,1-3H3. The number of nitrogens with one attached hydrogen (secondary N) is 1. The SMILES string of the molecule is COC(=O)c1ccc2[nH]c3c(c2c1)CN(C(=O)c1cc(C)nn1C)CC3. The van der Waals surface area contributed by atoms with Gasteiger partial charge >= 0.3 is 5.97 Å². The lowest BCUT2D eigenvalue weighted by atomic mass is 10.0. The summed E-state index contributed by atoms with van der Waals surface area (Å²) in [6.07, 6.45) is 0.750. The second-order valence-corrected chi connectivity index (χ2v) is 6.61. The molecule has 3 aromatic rings. The Hall–Kier alpha value is -3.09. The second-order valence-electron chi connectivity index (χ2n) is 6.61. The first-order valence-electron chi connectivity index (χ1n) is 8.49. The van der Waals surface area contributed by atoms with Crippen LogP contribution in [0.25, 0.3) is 10.9 Å². The molecule has 4 rings (SSSR count). The van der Waals surface area contributed by atoms with E-state index < -0.39 is 0 Å². The van der Waals surface area contributed by atoms with Gasteiger partial charge in [0.2, 0.25) is 0 Å². The Kier molecular flexibility index (Phi) is 3.79. The molecule has 0 aliphatic carbocycles. The van der Waals surface area contributed by atoms with Crippen LogP contribution in [-0.4, -0.2) is 45.2 Å². The summed E-state index contributed by atoms with van der Waals surface area (Å²) in [5.74, 6) is -0.395. The largest absolute Gasteiger partial charge is 0.465 e. The molecule has 0 fully saturated rings. The molecule has 1 amide bonds.